The van der Waals surface area contributed by atoms with E-state index in [9.17, 15) is 0 Å². The molecule has 2 heterocycles. The largest absolute Gasteiger partial charge is 0.385 e. The molecule has 0 bridgehead atoms. The lowest BCUT2D eigenvalue weighted by Crippen LogP contribution is -2.03. The van der Waals surface area contributed by atoms with Gasteiger partial charge in [-0.25, -0.2) is 4.98 Å². The molecule has 2 aromatic heterocycles. The van der Waals surface area contributed by atoms with Crippen LogP contribution >= 0.6 is 0 Å². The molecule has 2 N–H and O–H groups in total. The predicted octanol–water partition coefficient (Wildman–Crippen LogP) is 1.24. The maximum atomic E-state index is 4.06. The van der Waals surface area contributed by atoms with Gasteiger partial charge in [0.15, 0.2) is 0 Å². The molecule has 0 aromatic carbocycles. The number of nitrogens with zero attached hydrogens (tertiary/aromatic N) is 3. The fraction of sp³-hybridized carbons (Fsp3) is 0.300. The van der Waals surface area contributed by atoms with E-state index in [2.05, 4.69) is 25.5 Å². The second-order valence-corrected chi connectivity index (χ2v) is 3.20. The number of hydrogen-bond donors (Lipinski definition) is 2. The van der Waals surface area contributed by atoms with Crippen LogP contribution < -0.4 is 5.32 Å². The summed E-state index contributed by atoms with van der Waals surface area (Å²) in [6.45, 7) is 0.921. The number of nitrogens with one attached hydrogen (secondary N) is 2. The van der Waals surface area contributed by atoms with E-state index < -0.39 is 0 Å². The Labute approximate surface area is 88.0 Å². The Morgan fingerprint density at radius 3 is 2.87 bits per heavy atom. The summed E-state index contributed by atoms with van der Waals surface area (Å²) in [7, 11) is 0. The van der Waals surface area contributed by atoms with E-state index >= 15 is 0 Å². The van der Waals surface area contributed by atoms with E-state index in [1.807, 2.05) is 12.1 Å². The zero-order valence-electron chi connectivity index (χ0n) is 8.35. The van der Waals surface area contributed by atoms with Gasteiger partial charge in [0.2, 0.25) is 0 Å². The summed E-state index contributed by atoms with van der Waals surface area (Å²) in [6.07, 6.45) is 7.03. The topological polar surface area (TPSA) is 66.5 Å². The van der Waals surface area contributed by atoms with E-state index in [1.54, 1.807) is 12.4 Å². The Hall–Kier alpha value is -1.91. The van der Waals surface area contributed by atoms with Crippen molar-refractivity contribution in [3.05, 3.63) is 36.7 Å². The number of aromatic nitrogens is 4. The van der Waals surface area contributed by atoms with E-state index in [1.165, 1.54) is 6.33 Å². The van der Waals surface area contributed by atoms with Crippen LogP contribution in [0.5, 0.6) is 0 Å². The highest BCUT2D eigenvalue weighted by Gasteiger charge is 1.95. The molecular weight excluding hydrogens is 190 g/mol. The molecule has 2 aromatic rings. The van der Waals surface area contributed by atoms with Gasteiger partial charge >= 0.3 is 0 Å². The van der Waals surface area contributed by atoms with Crippen LogP contribution in [0, 0.1) is 0 Å². The number of aromatic amines is 1. The normalized spacial score (nSPS) is 10.1. The third-order valence-corrected chi connectivity index (χ3v) is 2.06. The number of H-pyrrole nitrogens is 1. The Morgan fingerprint density at radius 1 is 1.27 bits per heavy atom. The maximum absolute atomic E-state index is 4.06. The van der Waals surface area contributed by atoms with Crippen molar-refractivity contribution in [1.82, 2.24) is 20.2 Å². The van der Waals surface area contributed by atoms with E-state index in [0.717, 1.165) is 30.9 Å². The van der Waals surface area contributed by atoms with Crippen molar-refractivity contribution in [2.24, 2.45) is 0 Å². The number of hydrogen-bond acceptors (Lipinski definition) is 4. The van der Waals surface area contributed by atoms with Gasteiger partial charge in [0.1, 0.15) is 12.2 Å². The Bertz CT molecular complexity index is 370. The lowest BCUT2D eigenvalue weighted by molar-refractivity contribution is 0.805. The molecule has 5 heteroatoms. The molecule has 0 saturated carbocycles. The summed E-state index contributed by atoms with van der Waals surface area (Å²) in [5.41, 5.74) is 1.10. The fourth-order valence-electron chi connectivity index (χ4n) is 1.31. The average molecular weight is 203 g/mol. The van der Waals surface area contributed by atoms with Crippen molar-refractivity contribution in [2.75, 3.05) is 11.9 Å². The van der Waals surface area contributed by atoms with Gasteiger partial charge in [-0.3, -0.25) is 10.1 Å². The van der Waals surface area contributed by atoms with Crippen LogP contribution in [-0.4, -0.2) is 26.7 Å². The van der Waals surface area contributed by atoms with Crippen LogP contribution in [0.4, 0.5) is 5.69 Å². The molecular formula is C10H13N5. The number of pyridine rings is 1. The van der Waals surface area contributed by atoms with Crippen LogP contribution in [0.15, 0.2) is 30.9 Å². The van der Waals surface area contributed by atoms with Crippen LogP contribution in [0.1, 0.15) is 12.2 Å². The minimum absolute atomic E-state index is 0.915. The molecule has 0 radical (unpaired) electrons. The predicted molar refractivity (Wildman–Crippen MR) is 57.4 cm³/mol. The second kappa shape index (κ2) is 5.09. The van der Waals surface area contributed by atoms with Crippen molar-refractivity contribution < 1.29 is 0 Å². The highest BCUT2D eigenvalue weighted by Crippen LogP contribution is 2.03. The standard InChI is InChI=1S/C10H13N5/c1(2-10-13-8-14-15-10)5-12-9-3-6-11-7-4-9/h3-4,6-8H,1-2,5H2,(H,11,12)(H,13,14,15). The lowest BCUT2D eigenvalue weighted by atomic mass is 10.3. The van der Waals surface area contributed by atoms with Crippen LogP contribution in [0.3, 0.4) is 0 Å². The molecule has 0 unspecified atom stereocenters. The van der Waals surface area contributed by atoms with Gasteiger partial charge in [-0.1, -0.05) is 0 Å². The number of rotatable bonds is 5. The number of anilines is 1. The Kier molecular flexibility index (Phi) is 3.27. The first kappa shape index (κ1) is 9.64. The van der Waals surface area contributed by atoms with Crippen molar-refractivity contribution in [3.8, 4) is 0 Å². The molecule has 0 amide bonds. The van der Waals surface area contributed by atoms with E-state index in [0.29, 0.717) is 0 Å². The summed E-state index contributed by atoms with van der Waals surface area (Å²) >= 11 is 0. The first-order valence-corrected chi connectivity index (χ1v) is 4.93. The molecule has 0 aliphatic carbocycles. The quantitative estimate of drug-likeness (QED) is 0.717. The molecule has 0 aliphatic rings. The molecule has 0 spiro atoms. The number of aryl methyl sites for hydroxylation is 1. The average Bonchev–Trinajstić information content (AvgIpc) is 2.79. The molecule has 78 valence electrons. The summed E-state index contributed by atoms with van der Waals surface area (Å²) in [4.78, 5) is 8.01. The monoisotopic (exact) mass is 203 g/mol. The third kappa shape index (κ3) is 3.05. The Morgan fingerprint density at radius 2 is 2.13 bits per heavy atom. The van der Waals surface area contributed by atoms with Gasteiger partial charge in [-0.15, -0.1) is 0 Å². The molecule has 15 heavy (non-hydrogen) atoms. The molecule has 5 nitrogen and oxygen atoms in total. The minimum atomic E-state index is 0.915. The van der Waals surface area contributed by atoms with E-state index in [-0.39, 0.29) is 0 Å². The summed E-state index contributed by atoms with van der Waals surface area (Å²) in [5, 5.41) is 9.94. The Balaban J connectivity index is 1.68. The van der Waals surface area contributed by atoms with Gasteiger partial charge < -0.3 is 5.32 Å². The fourth-order valence-corrected chi connectivity index (χ4v) is 1.31. The van der Waals surface area contributed by atoms with Gasteiger partial charge in [-0.2, -0.15) is 5.10 Å². The zero-order chi connectivity index (χ0) is 10.3. The van der Waals surface area contributed by atoms with Gasteiger partial charge in [0.25, 0.3) is 0 Å². The SMILES string of the molecule is c1cc(NCCCc2ncn[nH]2)ccn1. The van der Waals surface area contributed by atoms with Crippen LogP contribution in [-0.2, 0) is 6.42 Å². The first-order chi connectivity index (χ1) is 7.45. The highest BCUT2D eigenvalue weighted by atomic mass is 15.2. The highest BCUT2D eigenvalue weighted by molar-refractivity contribution is 5.40. The zero-order valence-corrected chi connectivity index (χ0v) is 8.35. The first-order valence-electron chi connectivity index (χ1n) is 4.93. The molecule has 0 saturated heterocycles. The van der Waals surface area contributed by atoms with Crippen molar-refractivity contribution in [1.29, 1.82) is 0 Å². The van der Waals surface area contributed by atoms with Crippen molar-refractivity contribution in [2.45, 2.75) is 12.8 Å². The molecule has 0 fully saturated rings. The minimum Gasteiger partial charge on any atom is -0.385 e. The van der Waals surface area contributed by atoms with Crippen molar-refractivity contribution in [3.63, 3.8) is 0 Å². The van der Waals surface area contributed by atoms with Gasteiger partial charge in [-0.05, 0) is 18.6 Å². The van der Waals surface area contributed by atoms with Gasteiger partial charge in [0.05, 0.1) is 0 Å². The molecule has 0 aliphatic heterocycles. The van der Waals surface area contributed by atoms with Gasteiger partial charge in [0, 0.05) is 31.0 Å². The van der Waals surface area contributed by atoms with E-state index in [4.69, 9.17) is 0 Å². The van der Waals surface area contributed by atoms with Crippen LogP contribution in [0.25, 0.3) is 0 Å². The third-order valence-electron chi connectivity index (χ3n) is 2.06. The second-order valence-electron chi connectivity index (χ2n) is 3.20. The lowest BCUT2D eigenvalue weighted by Gasteiger charge is -2.04. The molecule has 2 rings (SSSR count). The molecule has 0 atom stereocenters. The summed E-state index contributed by atoms with van der Waals surface area (Å²) in [5.74, 6) is 0.937. The summed E-state index contributed by atoms with van der Waals surface area (Å²) in [6, 6.07) is 3.91. The van der Waals surface area contributed by atoms with Crippen molar-refractivity contribution >= 4 is 5.69 Å². The maximum Gasteiger partial charge on any atom is 0.137 e. The summed E-state index contributed by atoms with van der Waals surface area (Å²) < 4.78 is 0. The van der Waals surface area contributed by atoms with Crippen LogP contribution in [0.2, 0.25) is 0 Å². The smallest absolute Gasteiger partial charge is 0.137 e.